The number of amides is 1. The van der Waals surface area contributed by atoms with Crippen LogP contribution in [0, 0.1) is 0 Å². The SMILES string of the molecule is O=C(CCNc1ccc2ccccc2n1)N1CCN(c2ncccn2)CC1. The maximum atomic E-state index is 12.5. The van der Waals surface area contributed by atoms with Gasteiger partial charge in [0.1, 0.15) is 5.82 Å². The van der Waals surface area contributed by atoms with Gasteiger partial charge < -0.3 is 15.1 Å². The Balaban J connectivity index is 1.25. The summed E-state index contributed by atoms with van der Waals surface area (Å²) in [6.07, 6.45) is 3.94. The average Bonchev–Trinajstić information content (AvgIpc) is 2.74. The highest BCUT2D eigenvalue weighted by Gasteiger charge is 2.21. The molecule has 7 nitrogen and oxygen atoms in total. The van der Waals surface area contributed by atoms with Crippen LogP contribution < -0.4 is 10.2 Å². The monoisotopic (exact) mass is 362 g/mol. The van der Waals surface area contributed by atoms with Crippen LogP contribution in [0.2, 0.25) is 0 Å². The van der Waals surface area contributed by atoms with E-state index in [9.17, 15) is 4.79 Å². The second-order valence-electron chi connectivity index (χ2n) is 6.48. The van der Waals surface area contributed by atoms with E-state index in [1.54, 1.807) is 18.5 Å². The molecule has 0 bridgehead atoms. The van der Waals surface area contributed by atoms with Crippen molar-refractivity contribution >= 4 is 28.6 Å². The van der Waals surface area contributed by atoms with Crippen molar-refractivity contribution in [1.82, 2.24) is 19.9 Å². The average molecular weight is 362 g/mol. The first-order chi connectivity index (χ1) is 13.3. The number of benzene rings is 1. The van der Waals surface area contributed by atoms with Crippen LogP contribution in [0.3, 0.4) is 0 Å². The lowest BCUT2D eigenvalue weighted by molar-refractivity contribution is -0.131. The fraction of sp³-hybridized carbons (Fsp3) is 0.300. The van der Waals surface area contributed by atoms with E-state index < -0.39 is 0 Å². The minimum absolute atomic E-state index is 0.164. The molecule has 3 heterocycles. The lowest BCUT2D eigenvalue weighted by Crippen LogP contribution is -2.49. The molecule has 1 aromatic carbocycles. The van der Waals surface area contributed by atoms with Crippen LogP contribution in [0.25, 0.3) is 10.9 Å². The van der Waals surface area contributed by atoms with Crippen molar-refractivity contribution < 1.29 is 4.79 Å². The van der Waals surface area contributed by atoms with Crippen molar-refractivity contribution in [2.45, 2.75) is 6.42 Å². The summed E-state index contributed by atoms with van der Waals surface area (Å²) in [5, 5.41) is 4.36. The number of piperazine rings is 1. The number of pyridine rings is 1. The molecule has 1 N–H and O–H groups in total. The number of hydrogen-bond acceptors (Lipinski definition) is 6. The Labute approximate surface area is 158 Å². The van der Waals surface area contributed by atoms with Gasteiger partial charge in [-0.25, -0.2) is 15.0 Å². The first kappa shape index (κ1) is 17.2. The molecule has 0 atom stereocenters. The number of rotatable bonds is 5. The molecule has 0 aliphatic carbocycles. The summed E-state index contributed by atoms with van der Waals surface area (Å²) in [7, 11) is 0. The van der Waals surface area contributed by atoms with Crippen molar-refractivity contribution in [3.8, 4) is 0 Å². The zero-order chi connectivity index (χ0) is 18.5. The van der Waals surface area contributed by atoms with Crippen molar-refractivity contribution in [2.75, 3.05) is 42.9 Å². The third-order valence-corrected chi connectivity index (χ3v) is 4.71. The molecular formula is C20H22N6O. The van der Waals surface area contributed by atoms with Gasteiger partial charge in [-0.05, 0) is 24.3 Å². The highest BCUT2D eigenvalue weighted by atomic mass is 16.2. The molecule has 1 aliphatic heterocycles. The summed E-state index contributed by atoms with van der Waals surface area (Å²) in [6, 6.07) is 13.8. The van der Waals surface area contributed by atoms with Gasteiger partial charge in [0.25, 0.3) is 0 Å². The van der Waals surface area contributed by atoms with E-state index in [0.29, 0.717) is 26.1 Å². The second kappa shape index (κ2) is 7.99. The van der Waals surface area contributed by atoms with E-state index in [0.717, 1.165) is 35.8 Å². The van der Waals surface area contributed by atoms with Crippen LogP contribution in [0.1, 0.15) is 6.42 Å². The van der Waals surface area contributed by atoms with Gasteiger partial charge in [0.2, 0.25) is 11.9 Å². The third-order valence-electron chi connectivity index (χ3n) is 4.71. The van der Waals surface area contributed by atoms with Gasteiger partial charge in [-0.1, -0.05) is 18.2 Å². The maximum Gasteiger partial charge on any atom is 0.225 e. The van der Waals surface area contributed by atoms with Gasteiger partial charge in [-0.15, -0.1) is 0 Å². The van der Waals surface area contributed by atoms with Gasteiger partial charge in [0, 0.05) is 56.9 Å². The topological polar surface area (TPSA) is 74.2 Å². The first-order valence-corrected chi connectivity index (χ1v) is 9.19. The highest BCUT2D eigenvalue weighted by molar-refractivity contribution is 5.80. The summed E-state index contributed by atoms with van der Waals surface area (Å²) in [5.41, 5.74) is 0.952. The molecule has 1 saturated heterocycles. The molecule has 4 rings (SSSR count). The van der Waals surface area contributed by atoms with Gasteiger partial charge >= 0.3 is 0 Å². The third kappa shape index (κ3) is 4.13. The molecular weight excluding hydrogens is 340 g/mol. The molecule has 1 aliphatic rings. The van der Waals surface area contributed by atoms with Gasteiger partial charge in [0.05, 0.1) is 5.52 Å². The molecule has 0 saturated carbocycles. The molecule has 2 aromatic heterocycles. The van der Waals surface area contributed by atoms with Crippen LogP contribution in [0.15, 0.2) is 54.9 Å². The Morgan fingerprint density at radius 2 is 1.74 bits per heavy atom. The molecule has 0 radical (unpaired) electrons. The molecule has 27 heavy (non-hydrogen) atoms. The summed E-state index contributed by atoms with van der Waals surface area (Å²) in [4.78, 5) is 29.6. The van der Waals surface area contributed by atoms with Crippen LogP contribution in [-0.4, -0.2) is 58.5 Å². The zero-order valence-corrected chi connectivity index (χ0v) is 15.1. The van der Waals surface area contributed by atoms with Crippen molar-refractivity contribution in [3.05, 3.63) is 54.9 Å². The maximum absolute atomic E-state index is 12.5. The fourth-order valence-electron chi connectivity index (χ4n) is 3.23. The van der Waals surface area contributed by atoms with Gasteiger partial charge in [-0.3, -0.25) is 4.79 Å². The molecule has 1 fully saturated rings. The summed E-state index contributed by atoms with van der Waals surface area (Å²) >= 11 is 0. The molecule has 0 spiro atoms. The lowest BCUT2D eigenvalue weighted by Gasteiger charge is -2.34. The van der Waals surface area contributed by atoms with E-state index in [4.69, 9.17) is 0 Å². The van der Waals surface area contributed by atoms with E-state index in [-0.39, 0.29) is 5.91 Å². The predicted molar refractivity (Wildman–Crippen MR) is 106 cm³/mol. The van der Waals surface area contributed by atoms with E-state index >= 15 is 0 Å². The number of carbonyl (C=O) groups excluding carboxylic acids is 1. The van der Waals surface area contributed by atoms with Crippen molar-refractivity contribution in [2.24, 2.45) is 0 Å². The molecule has 3 aromatic rings. The number of aromatic nitrogens is 3. The van der Waals surface area contributed by atoms with E-state index in [1.165, 1.54) is 0 Å². The number of nitrogens with one attached hydrogen (secondary N) is 1. The van der Waals surface area contributed by atoms with Crippen LogP contribution >= 0.6 is 0 Å². The Kier molecular flexibility index (Phi) is 5.09. The van der Waals surface area contributed by atoms with E-state index in [2.05, 4.69) is 25.2 Å². The highest BCUT2D eigenvalue weighted by Crippen LogP contribution is 2.15. The lowest BCUT2D eigenvalue weighted by atomic mass is 10.2. The normalized spacial score (nSPS) is 14.4. The predicted octanol–water partition coefficient (Wildman–Crippen LogP) is 2.18. The smallest absolute Gasteiger partial charge is 0.225 e. The largest absolute Gasteiger partial charge is 0.370 e. The van der Waals surface area contributed by atoms with Crippen molar-refractivity contribution in [1.29, 1.82) is 0 Å². The van der Waals surface area contributed by atoms with Crippen molar-refractivity contribution in [3.63, 3.8) is 0 Å². The van der Waals surface area contributed by atoms with Crippen LogP contribution in [0.5, 0.6) is 0 Å². The summed E-state index contributed by atoms with van der Waals surface area (Å²) in [6.45, 7) is 3.49. The molecule has 7 heteroatoms. The number of hydrogen-bond donors (Lipinski definition) is 1. The fourth-order valence-corrected chi connectivity index (χ4v) is 3.23. The summed E-state index contributed by atoms with van der Waals surface area (Å²) in [5.74, 6) is 1.69. The number of carbonyl (C=O) groups is 1. The number of para-hydroxylation sites is 1. The van der Waals surface area contributed by atoms with Crippen LogP contribution in [0.4, 0.5) is 11.8 Å². The Morgan fingerprint density at radius 1 is 0.963 bits per heavy atom. The first-order valence-electron chi connectivity index (χ1n) is 9.19. The Bertz CT molecular complexity index is 909. The molecule has 138 valence electrons. The molecule has 0 unspecified atom stereocenters. The van der Waals surface area contributed by atoms with Gasteiger partial charge in [0.15, 0.2) is 0 Å². The quantitative estimate of drug-likeness (QED) is 0.750. The zero-order valence-electron chi connectivity index (χ0n) is 15.1. The number of anilines is 2. The number of nitrogens with zero attached hydrogens (tertiary/aromatic N) is 5. The minimum atomic E-state index is 0.164. The Hall–Kier alpha value is -3.22. The standard InChI is InChI=1S/C20H22N6O/c27-19(25-12-14-26(15-13-25)20-22-9-3-10-23-20)8-11-21-18-7-6-16-4-1-2-5-17(16)24-18/h1-7,9-10H,8,11-15H2,(H,21,24). The van der Waals surface area contributed by atoms with Crippen LogP contribution in [-0.2, 0) is 4.79 Å². The second-order valence-corrected chi connectivity index (χ2v) is 6.48. The van der Waals surface area contributed by atoms with E-state index in [1.807, 2.05) is 41.3 Å². The number of fused-ring (bicyclic) bond motifs is 1. The summed E-state index contributed by atoms with van der Waals surface area (Å²) < 4.78 is 0. The molecule has 1 amide bonds. The minimum Gasteiger partial charge on any atom is -0.370 e. The van der Waals surface area contributed by atoms with Gasteiger partial charge in [-0.2, -0.15) is 0 Å². The Morgan fingerprint density at radius 3 is 2.56 bits per heavy atom.